The van der Waals surface area contributed by atoms with E-state index in [1.54, 1.807) is 0 Å². The number of rotatable bonds is 3. The van der Waals surface area contributed by atoms with Crippen LogP contribution in [0.5, 0.6) is 0 Å². The van der Waals surface area contributed by atoms with Gasteiger partial charge in [-0.25, -0.2) is 5.06 Å². The van der Waals surface area contributed by atoms with E-state index < -0.39 is 11.1 Å². The van der Waals surface area contributed by atoms with Gasteiger partial charge in [0.2, 0.25) is 5.91 Å². The van der Waals surface area contributed by atoms with Crippen LogP contribution in [0.3, 0.4) is 0 Å². The Morgan fingerprint density at radius 3 is 2.41 bits per heavy atom. The minimum Gasteiger partial charge on any atom is -0.367 e. The first kappa shape index (κ1) is 14.6. The van der Waals surface area contributed by atoms with E-state index in [2.05, 4.69) is 6.92 Å². The molecule has 1 spiro atoms. The Balaban J connectivity index is 0.00000144. The normalized spacial score (nSPS) is 34.8. The van der Waals surface area contributed by atoms with Crippen molar-refractivity contribution in [2.24, 2.45) is 0 Å². The quantitative estimate of drug-likeness (QED) is 0.440. The molecular formula is C12H17NO3W. The van der Waals surface area contributed by atoms with Crippen molar-refractivity contribution in [1.29, 1.82) is 0 Å². The number of hydrogen-bond donors (Lipinski definition) is 1. The monoisotopic (exact) mass is 407 g/mol. The van der Waals surface area contributed by atoms with Crippen LogP contribution in [0, 0.1) is 0 Å². The molecule has 94 valence electrons. The molecule has 0 saturated carbocycles. The van der Waals surface area contributed by atoms with E-state index in [0.29, 0.717) is 13.0 Å². The molecule has 1 amide bonds. The van der Waals surface area contributed by atoms with Gasteiger partial charge in [0, 0.05) is 27.7 Å². The molecule has 2 rings (SSSR count). The Morgan fingerprint density at radius 1 is 1.41 bits per heavy atom. The average Bonchev–Trinajstić information content (AvgIpc) is 2.30. The third-order valence-electron chi connectivity index (χ3n) is 3.09. The molecule has 0 aromatic rings. The van der Waals surface area contributed by atoms with E-state index in [1.165, 1.54) is 0 Å². The van der Waals surface area contributed by atoms with E-state index in [4.69, 9.17) is 4.74 Å². The summed E-state index contributed by atoms with van der Waals surface area (Å²) < 4.78 is 5.68. The summed E-state index contributed by atoms with van der Waals surface area (Å²) in [4.78, 5) is 11.0. The summed E-state index contributed by atoms with van der Waals surface area (Å²) >= 11 is 0. The molecule has 1 aliphatic carbocycles. The van der Waals surface area contributed by atoms with Crippen LogP contribution in [-0.2, 0) is 30.6 Å². The number of carbonyl (C=O) groups excluding carboxylic acids is 1. The molecule has 1 saturated heterocycles. The predicted molar refractivity (Wildman–Crippen MR) is 58.9 cm³/mol. The fourth-order valence-electron chi connectivity index (χ4n) is 1.94. The summed E-state index contributed by atoms with van der Waals surface area (Å²) in [6.45, 7) is 4.71. The topological polar surface area (TPSA) is 49.8 Å². The average molecular weight is 407 g/mol. The van der Waals surface area contributed by atoms with Crippen molar-refractivity contribution in [2.75, 3.05) is 6.61 Å². The second-order valence-corrected chi connectivity index (χ2v) is 4.57. The Bertz CT molecular complexity index is 351. The molecule has 0 aromatic heterocycles. The van der Waals surface area contributed by atoms with Gasteiger partial charge >= 0.3 is 0 Å². The van der Waals surface area contributed by atoms with Crippen molar-refractivity contribution < 1.29 is 35.8 Å². The van der Waals surface area contributed by atoms with E-state index in [1.807, 2.05) is 31.2 Å². The van der Waals surface area contributed by atoms with Gasteiger partial charge in [-0.05, 0) is 13.3 Å². The number of hydroxylamine groups is 2. The summed E-state index contributed by atoms with van der Waals surface area (Å²) in [6.07, 6.45) is 8.78. The first-order valence-corrected chi connectivity index (χ1v) is 5.58. The van der Waals surface area contributed by atoms with Crippen molar-refractivity contribution in [3.8, 4) is 0 Å². The van der Waals surface area contributed by atoms with Crippen LogP contribution in [0.25, 0.3) is 0 Å². The van der Waals surface area contributed by atoms with Gasteiger partial charge < -0.3 is 4.74 Å². The minimum absolute atomic E-state index is 0. The van der Waals surface area contributed by atoms with Crippen molar-refractivity contribution >= 4 is 5.91 Å². The maximum Gasteiger partial charge on any atom is 0.250 e. The van der Waals surface area contributed by atoms with Crippen molar-refractivity contribution in [1.82, 2.24) is 5.06 Å². The molecule has 0 atom stereocenters. The summed E-state index contributed by atoms with van der Waals surface area (Å²) in [5.41, 5.74) is -1.03. The zero-order chi connectivity index (χ0) is 11.8. The van der Waals surface area contributed by atoms with Crippen LogP contribution in [0.15, 0.2) is 24.3 Å². The smallest absolute Gasteiger partial charge is 0.250 e. The molecule has 1 fully saturated rings. The van der Waals surface area contributed by atoms with Gasteiger partial charge in [-0.1, -0.05) is 31.2 Å². The fourth-order valence-corrected chi connectivity index (χ4v) is 1.94. The second kappa shape index (κ2) is 5.05. The third-order valence-corrected chi connectivity index (χ3v) is 3.09. The van der Waals surface area contributed by atoms with Crippen LogP contribution in [0.1, 0.15) is 26.7 Å². The summed E-state index contributed by atoms with van der Waals surface area (Å²) in [6, 6.07) is 0. The Morgan fingerprint density at radius 2 is 2.00 bits per heavy atom. The van der Waals surface area contributed by atoms with E-state index in [9.17, 15) is 10.0 Å². The summed E-state index contributed by atoms with van der Waals surface area (Å²) in [5, 5.41) is 10.3. The van der Waals surface area contributed by atoms with Crippen molar-refractivity contribution in [3.05, 3.63) is 24.3 Å². The maximum atomic E-state index is 11.0. The van der Waals surface area contributed by atoms with E-state index in [-0.39, 0.29) is 27.0 Å². The fraction of sp³-hybridized carbons (Fsp3) is 0.583. The van der Waals surface area contributed by atoms with Crippen molar-refractivity contribution in [2.45, 2.75) is 37.8 Å². The van der Waals surface area contributed by atoms with Gasteiger partial charge in [0.05, 0.1) is 6.42 Å². The third kappa shape index (κ3) is 2.54. The maximum absolute atomic E-state index is 11.0. The van der Waals surface area contributed by atoms with Crippen LogP contribution in [0.2, 0.25) is 0 Å². The van der Waals surface area contributed by atoms with Crippen LogP contribution in [0.4, 0.5) is 0 Å². The van der Waals surface area contributed by atoms with Crippen LogP contribution < -0.4 is 0 Å². The Hall–Kier alpha value is -0.442. The molecule has 4 nitrogen and oxygen atoms in total. The number of hydrogen-bond acceptors (Lipinski definition) is 3. The molecule has 0 bridgehead atoms. The largest absolute Gasteiger partial charge is 0.367 e. The van der Waals surface area contributed by atoms with Crippen LogP contribution in [-0.4, -0.2) is 33.9 Å². The van der Waals surface area contributed by atoms with Gasteiger partial charge in [0.15, 0.2) is 0 Å². The summed E-state index contributed by atoms with van der Waals surface area (Å²) in [7, 11) is 0. The minimum atomic E-state index is -0.619. The number of β-lactam (4-membered cyclic amide) rings is 1. The molecule has 0 unspecified atom stereocenters. The van der Waals surface area contributed by atoms with E-state index in [0.717, 1.165) is 11.5 Å². The molecule has 2 aliphatic rings. The van der Waals surface area contributed by atoms with Crippen molar-refractivity contribution in [3.63, 3.8) is 0 Å². The molecule has 0 aromatic carbocycles. The Kier molecular flexibility index (Phi) is 4.34. The molecule has 1 aliphatic heterocycles. The number of ether oxygens (including phenoxy) is 1. The number of amides is 1. The summed E-state index contributed by atoms with van der Waals surface area (Å²) in [5.74, 6) is -0.243. The molecule has 1 N–H and O–H groups in total. The van der Waals surface area contributed by atoms with E-state index >= 15 is 0 Å². The molecule has 0 radical (unpaired) electrons. The standard InChI is InChI=1S/C12H17NO3.W/c1-3-8-16-11(2)4-6-12(7-5-11)9-10(14)13(12)15;/h4-7,15H,3,8-9H2,1-2H3;. The Labute approximate surface area is 116 Å². The molecular weight excluding hydrogens is 390 g/mol. The first-order valence-electron chi connectivity index (χ1n) is 5.58. The van der Waals surface area contributed by atoms with Gasteiger partial charge in [-0.15, -0.1) is 0 Å². The van der Waals surface area contributed by atoms with Gasteiger partial charge in [0.1, 0.15) is 11.1 Å². The SMILES string of the molecule is CCCOC1(C)C=CC2(C=C1)CC(=O)N2O.[W]. The first-order chi connectivity index (χ1) is 7.51. The van der Waals surface area contributed by atoms with Gasteiger partial charge in [0.25, 0.3) is 0 Å². The van der Waals surface area contributed by atoms with Gasteiger partial charge in [-0.3, -0.25) is 10.0 Å². The zero-order valence-corrected chi connectivity index (χ0v) is 13.0. The molecule has 5 heteroatoms. The predicted octanol–water partition coefficient (Wildman–Crippen LogP) is 1.66. The second-order valence-electron chi connectivity index (χ2n) is 4.57. The molecule has 1 heterocycles. The molecule has 17 heavy (non-hydrogen) atoms. The van der Waals surface area contributed by atoms with Gasteiger partial charge in [-0.2, -0.15) is 0 Å². The number of carbonyl (C=O) groups is 1. The number of nitrogens with zero attached hydrogens (tertiary/aromatic N) is 1. The zero-order valence-electron chi connectivity index (χ0n) is 10.0. The van der Waals surface area contributed by atoms with Crippen LogP contribution >= 0.6 is 0 Å².